The standard InChI is InChI=1S/C21H22FN3O5/c1-12-19(13-9-16(27-2)20(29-4)17(10-13)28-3)21(25-24-12)23-18(26)11-30-15-7-5-14(22)6-8-15/h5-10H,11H2,1-4H3,(H2,23,24,25,26). The molecular weight excluding hydrogens is 393 g/mol. The third kappa shape index (κ3) is 4.45. The van der Waals surface area contributed by atoms with Crippen LogP contribution in [0.5, 0.6) is 23.0 Å². The summed E-state index contributed by atoms with van der Waals surface area (Å²) < 4.78 is 34.5. The Kier molecular flexibility index (Phi) is 6.41. The monoisotopic (exact) mass is 415 g/mol. The van der Waals surface area contributed by atoms with Gasteiger partial charge in [0.25, 0.3) is 5.91 Å². The van der Waals surface area contributed by atoms with E-state index in [2.05, 4.69) is 15.5 Å². The molecule has 0 aliphatic heterocycles. The van der Waals surface area contributed by atoms with E-state index in [0.29, 0.717) is 39.9 Å². The van der Waals surface area contributed by atoms with Crippen molar-refractivity contribution in [3.05, 3.63) is 47.9 Å². The van der Waals surface area contributed by atoms with E-state index in [1.807, 2.05) is 6.92 Å². The Bertz CT molecular complexity index is 1010. The maximum Gasteiger partial charge on any atom is 0.263 e. The number of hydrogen-bond donors (Lipinski definition) is 2. The van der Waals surface area contributed by atoms with Gasteiger partial charge in [-0.1, -0.05) is 0 Å². The molecule has 158 valence electrons. The van der Waals surface area contributed by atoms with Gasteiger partial charge in [0.2, 0.25) is 5.75 Å². The van der Waals surface area contributed by atoms with Crippen LogP contribution in [0.4, 0.5) is 10.2 Å². The van der Waals surface area contributed by atoms with Gasteiger partial charge in [-0.15, -0.1) is 0 Å². The number of amides is 1. The normalized spacial score (nSPS) is 10.4. The molecule has 0 aliphatic carbocycles. The molecule has 0 unspecified atom stereocenters. The van der Waals surface area contributed by atoms with Crippen molar-refractivity contribution < 1.29 is 28.1 Å². The van der Waals surface area contributed by atoms with Crippen LogP contribution in [-0.2, 0) is 4.79 Å². The highest BCUT2D eigenvalue weighted by Crippen LogP contribution is 2.43. The molecule has 0 radical (unpaired) electrons. The zero-order chi connectivity index (χ0) is 21.7. The van der Waals surface area contributed by atoms with Crippen molar-refractivity contribution in [3.8, 4) is 34.1 Å². The van der Waals surface area contributed by atoms with Gasteiger partial charge in [0, 0.05) is 11.3 Å². The summed E-state index contributed by atoms with van der Waals surface area (Å²) in [6.45, 7) is 1.57. The third-order valence-corrected chi connectivity index (χ3v) is 4.34. The molecule has 30 heavy (non-hydrogen) atoms. The Hall–Kier alpha value is -3.75. The number of rotatable bonds is 8. The molecular formula is C21H22FN3O5. The van der Waals surface area contributed by atoms with E-state index in [-0.39, 0.29) is 12.4 Å². The summed E-state index contributed by atoms with van der Waals surface area (Å²) in [4.78, 5) is 12.4. The minimum Gasteiger partial charge on any atom is -0.493 e. The van der Waals surface area contributed by atoms with E-state index in [4.69, 9.17) is 18.9 Å². The summed E-state index contributed by atoms with van der Waals surface area (Å²) in [6, 6.07) is 8.94. The first-order chi connectivity index (χ1) is 14.5. The lowest BCUT2D eigenvalue weighted by Crippen LogP contribution is -2.20. The molecule has 0 aliphatic rings. The van der Waals surface area contributed by atoms with Crippen molar-refractivity contribution in [2.75, 3.05) is 33.3 Å². The summed E-state index contributed by atoms with van der Waals surface area (Å²) in [5.74, 6) is 1.33. The first kappa shape index (κ1) is 21.0. The van der Waals surface area contributed by atoms with Gasteiger partial charge in [-0.25, -0.2) is 4.39 Å². The van der Waals surface area contributed by atoms with Crippen LogP contribution in [-0.4, -0.2) is 44.0 Å². The zero-order valence-corrected chi connectivity index (χ0v) is 17.0. The Balaban J connectivity index is 1.83. The fourth-order valence-corrected chi connectivity index (χ4v) is 2.95. The van der Waals surface area contributed by atoms with Gasteiger partial charge in [-0.3, -0.25) is 9.89 Å². The van der Waals surface area contributed by atoms with E-state index >= 15 is 0 Å². The quantitative estimate of drug-likeness (QED) is 0.584. The number of nitrogens with zero attached hydrogens (tertiary/aromatic N) is 1. The summed E-state index contributed by atoms with van der Waals surface area (Å²) in [5, 5.41) is 9.76. The summed E-state index contributed by atoms with van der Waals surface area (Å²) in [5.41, 5.74) is 2.12. The molecule has 3 rings (SSSR count). The minimum absolute atomic E-state index is 0.258. The van der Waals surface area contributed by atoms with Crippen LogP contribution in [0.25, 0.3) is 11.1 Å². The predicted octanol–water partition coefficient (Wildman–Crippen LogP) is 3.57. The fourth-order valence-electron chi connectivity index (χ4n) is 2.95. The first-order valence-electron chi connectivity index (χ1n) is 9.00. The average molecular weight is 415 g/mol. The highest BCUT2D eigenvalue weighted by atomic mass is 19.1. The van der Waals surface area contributed by atoms with Crippen LogP contribution in [0.1, 0.15) is 5.69 Å². The topological polar surface area (TPSA) is 94.7 Å². The molecule has 0 bridgehead atoms. The molecule has 2 aromatic carbocycles. The minimum atomic E-state index is -0.417. The number of methoxy groups -OCH3 is 3. The first-order valence-corrected chi connectivity index (χ1v) is 9.00. The van der Waals surface area contributed by atoms with Gasteiger partial charge in [0.15, 0.2) is 23.9 Å². The zero-order valence-electron chi connectivity index (χ0n) is 17.0. The third-order valence-electron chi connectivity index (χ3n) is 4.34. The molecule has 1 amide bonds. The van der Waals surface area contributed by atoms with E-state index < -0.39 is 5.91 Å². The van der Waals surface area contributed by atoms with E-state index in [1.54, 1.807) is 12.1 Å². The number of carbonyl (C=O) groups is 1. The van der Waals surface area contributed by atoms with Crippen LogP contribution in [0, 0.1) is 12.7 Å². The van der Waals surface area contributed by atoms with Crippen molar-refractivity contribution in [1.82, 2.24) is 10.2 Å². The highest BCUT2D eigenvalue weighted by Gasteiger charge is 2.20. The Morgan fingerprint density at radius 3 is 2.27 bits per heavy atom. The van der Waals surface area contributed by atoms with E-state index in [0.717, 1.165) is 5.69 Å². The molecule has 0 fully saturated rings. The molecule has 0 saturated carbocycles. The molecule has 1 aromatic heterocycles. The van der Waals surface area contributed by atoms with Crippen LogP contribution < -0.4 is 24.3 Å². The SMILES string of the molecule is COc1cc(-c2c(NC(=O)COc3ccc(F)cc3)n[nH]c2C)cc(OC)c1OC. The van der Waals surface area contributed by atoms with Gasteiger partial charge < -0.3 is 24.3 Å². The Labute approximate surface area is 172 Å². The number of ether oxygens (including phenoxy) is 4. The van der Waals surface area contributed by atoms with Crippen molar-refractivity contribution in [3.63, 3.8) is 0 Å². The highest BCUT2D eigenvalue weighted by molar-refractivity contribution is 5.95. The van der Waals surface area contributed by atoms with E-state index in [1.165, 1.54) is 45.6 Å². The van der Waals surface area contributed by atoms with Crippen LogP contribution >= 0.6 is 0 Å². The number of benzene rings is 2. The van der Waals surface area contributed by atoms with Crippen LogP contribution in [0.15, 0.2) is 36.4 Å². The van der Waals surface area contributed by atoms with Crippen molar-refractivity contribution >= 4 is 11.7 Å². The van der Waals surface area contributed by atoms with Gasteiger partial charge in [0.05, 0.1) is 21.3 Å². The number of aromatic amines is 1. The van der Waals surface area contributed by atoms with Gasteiger partial charge >= 0.3 is 0 Å². The van der Waals surface area contributed by atoms with Gasteiger partial charge in [-0.2, -0.15) is 5.10 Å². The van der Waals surface area contributed by atoms with Crippen molar-refractivity contribution in [1.29, 1.82) is 0 Å². The largest absolute Gasteiger partial charge is 0.493 e. The summed E-state index contributed by atoms with van der Waals surface area (Å²) in [7, 11) is 4.58. The predicted molar refractivity (Wildman–Crippen MR) is 109 cm³/mol. The number of aromatic nitrogens is 2. The number of anilines is 1. The smallest absolute Gasteiger partial charge is 0.263 e. The summed E-state index contributed by atoms with van der Waals surface area (Å²) in [6.07, 6.45) is 0. The molecule has 0 saturated heterocycles. The van der Waals surface area contributed by atoms with Gasteiger partial charge in [0.1, 0.15) is 11.6 Å². The lowest BCUT2D eigenvalue weighted by Gasteiger charge is -2.15. The fraction of sp³-hybridized carbons (Fsp3) is 0.238. The number of H-pyrrole nitrogens is 1. The molecule has 0 atom stereocenters. The second kappa shape index (κ2) is 9.17. The number of hydrogen-bond acceptors (Lipinski definition) is 6. The maximum atomic E-state index is 13.0. The van der Waals surface area contributed by atoms with Crippen molar-refractivity contribution in [2.45, 2.75) is 6.92 Å². The second-order valence-electron chi connectivity index (χ2n) is 6.28. The molecule has 0 spiro atoms. The number of nitrogens with one attached hydrogen (secondary N) is 2. The number of carbonyl (C=O) groups excluding carboxylic acids is 1. The van der Waals surface area contributed by atoms with Crippen molar-refractivity contribution in [2.24, 2.45) is 0 Å². The van der Waals surface area contributed by atoms with E-state index in [9.17, 15) is 9.18 Å². The molecule has 8 nitrogen and oxygen atoms in total. The number of aryl methyl sites for hydroxylation is 1. The molecule has 9 heteroatoms. The number of halogens is 1. The second-order valence-corrected chi connectivity index (χ2v) is 6.28. The van der Waals surface area contributed by atoms with Crippen LogP contribution in [0.3, 0.4) is 0 Å². The lowest BCUT2D eigenvalue weighted by atomic mass is 10.0. The Morgan fingerprint density at radius 1 is 1.07 bits per heavy atom. The molecule has 3 aromatic rings. The Morgan fingerprint density at radius 2 is 1.70 bits per heavy atom. The molecule has 1 heterocycles. The van der Waals surface area contributed by atoms with Crippen LogP contribution in [0.2, 0.25) is 0 Å². The lowest BCUT2D eigenvalue weighted by molar-refractivity contribution is -0.118. The molecule has 2 N–H and O–H groups in total. The summed E-state index contributed by atoms with van der Waals surface area (Å²) >= 11 is 0. The maximum absolute atomic E-state index is 13.0. The van der Waals surface area contributed by atoms with Gasteiger partial charge in [-0.05, 0) is 48.9 Å². The average Bonchev–Trinajstić information content (AvgIpc) is 3.11.